The first-order valence-corrected chi connectivity index (χ1v) is 16.7. The van der Waals surface area contributed by atoms with Crippen LogP contribution in [0.4, 0.5) is 0 Å². The summed E-state index contributed by atoms with van der Waals surface area (Å²) in [5, 5.41) is 8.44. The van der Waals surface area contributed by atoms with Gasteiger partial charge in [-0.05, 0) is 38.5 Å². The number of aliphatic hydroxyl groups excluding tert-OH is 1. The van der Waals surface area contributed by atoms with Crippen molar-refractivity contribution in [3.63, 3.8) is 0 Å². The third-order valence-corrected chi connectivity index (χ3v) is 4.55. The normalized spacial score (nSPS) is 27.9. The second-order valence-electron chi connectivity index (χ2n) is 6.91. The monoisotopic (exact) mass is 663 g/mol. The molecule has 0 bridgehead atoms. The summed E-state index contributed by atoms with van der Waals surface area (Å²) in [6.07, 6.45) is 7.43. The van der Waals surface area contributed by atoms with Crippen LogP contribution >= 0.6 is 37.2 Å². The maximum absolute atomic E-state index is 8.44. The fourth-order valence-corrected chi connectivity index (χ4v) is 3.04. The van der Waals surface area contributed by atoms with Crippen LogP contribution in [0.5, 0.6) is 0 Å². The van der Waals surface area contributed by atoms with Gasteiger partial charge in [0.25, 0.3) is 0 Å². The molecule has 4 aliphatic heterocycles. The molecule has 0 aromatic rings. The molecule has 0 amide bonds. The third-order valence-electron chi connectivity index (χ3n) is 4.55. The van der Waals surface area contributed by atoms with Gasteiger partial charge in [-0.2, -0.15) is 0 Å². The van der Waals surface area contributed by atoms with E-state index in [0.29, 0.717) is 40.4 Å². The highest BCUT2D eigenvalue weighted by Gasteiger charge is 2.17. The van der Waals surface area contributed by atoms with Crippen LogP contribution in [-0.4, -0.2) is 90.2 Å². The molecule has 3 atom stereocenters. The van der Waals surface area contributed by atoms with Crippen molar-refractivity contribution < 1.29 is 44.4 Å². The Morgan fingerprint density at radius 3 is 1.37 bits per heavy atom. The molecule has 4 saturated heterocycles. The van der Waals surface area contributed by atoms with Gasteiger partial charge in [0.15, 0.2) is 20.4 Å². The van der Waals surface area contributed by atoms with Gasteiger partial charge in [-0.25, -0.2) is 0 Å². The molecule has 4 fully saturated rings. The Kier molecular flexibility index (Phi) is 21.3. The van der Waals surface area contributed by atoms with Crippen molar-refractivity contribution >= 4 is 37.2 Å². The highest BCUT2D eigenvalue weighted by atomic mass is 128. The van der Waals surface area contributed by atoms with Gasteiger partial charge >= 0.3 is 1.43 Å². The van der Waals surface area contributed by atoms with Crippen molar-refractivity contribution in [3.8, 4) is 0 Å². The summed E-state index contributed by atoms with van der Waals surface area (Å²) in [6, 6.07) is 0. The molecule has 0 aromatic carbocycles. The number of rotatable bonds is 7. The summed E-state index contributed by atoms with van der Waals surface area (Å²) in [7, 11) is 0. The zero-order chi connectivity index (χ0) is 21.7. The highest BCUT2D eigenvalue weighted by Crippen LogP contribution is 2.13. The van der Waals surface area contributed by atoms with Crippen molar-refractivity contribution in [3.05, 3.63) is 0 Å². The third kappa shape index (κ3) is 15.8. The summed E-state index contributed by atoms with van der Waals surface area (Å²) in [5.41, 5.74) is 0. The lowest BCUT2D eigenvalue weighted by atomic mass is 10.2. The lowest BCUT2D eigenvalue weighted by Crippen LogP contribution is -2.19. The van der Waals surface area contributed by atoms with Crippen molar-refractivity contribution in [2.45, 2.75) is 56.8 Å². The van der Waals surface area contributed by atoms with Crippen LogP contribution in [0.15, 0.2) is 0 Å². The van der Waals surface area contributed by atoms with E-state index in [-0.39, 0.29) is 26.3 Å². The Morgan fingerprint density at radius 2 is 1.10 bits per heavy atom. The number of hydrogen-bond donors (Lipinski definition) is 1. The Balaban J connectivity index is 0.000000470. The van der Waals surface area contributed by atoms with Gasteiger partial charge in [-0.1, -0.05) is 0 Å². The molecule has 3 unspecified atom stereocenters. The standard InChI is InChI=1S/C11H20O4.C5H10O2.C3H6O3.I2/c1-3-10(14-5-1)7-12-9-13-8-11-4-2-6-15-11;6-4-5-2-1-3-7-5;1-4-2-6-3-5-1;1-2/h10-11H,1-9H2;5-6H,1-4H2;1-3H2;/p+1. The van der Waals surface area contributed by atoms with E-state index in [2.05, 4.69) is 51.4 Å². The van der Waals surface area contributed by atoms with Crippen LogP contribution in [0.3, 0.4) is 0 Å². The molecule has 4 aliphatic rings. The molecular weight excluding hydrogens is 626 g/mol. The summed E-state index contributed by atoms with van der Waals surface area (Å²) < 4.78 is 40.5. The van der Waals surface area contributed by atoms with Crippen LogP contribution in [0.25, 0.3) is 0 Å². The van der Waals surface area contributed by atoms with E-state index in [1.54, 1.807) is 0 Å². The molecule has 0 saturated carbocycles. The topological polar surface area (TPSA) is 94.1 Å². The molecule has 1 N–H and O–H groups in total. The zero-order valence-corrected chi connectivity index (χ0v) is 21.8. The number of halogens is 2. The Hall–Kier alpha value is 1.10. The van der Waals surface area contributed by atoms with Crippen molar-refractivity contribution in [2.24, 2.45) is 0 Å². The van der Waals surface area contributed by atoms with Gasteiger partial charge < -0.3 is 43.0 Å². The van der Waals surface area contributed by atoms with E-state index in [1.807, 2.05) is 0 Å². The van der Waals surface area contributed by atoms with Crippen molar-refractivity contribution in [1.29, 1.82) is 0 Å². The largest absolute Gasteiger partial charge is 1.00 e. The van der Waals surface area contributed by atoms with Crippen LogP contribution in [0, 0.1) is 0 Å². The maximum Gasteiger partial charge on any atom is 1.00 e. The van der Waals surface area contributed by atoms with Gasteiger partial charge in [0.2, 0.25) is 0 Å². The molecule has 4 rings (SSSR count). The maximum atomic E-state index is 8.44. The van der Waals surface area contributed by atoms with Gasteiger partial charge in [0.1, 0.15) is 6.79 Å². The van der Waals surface area contributed by atoms with Crippen LogP contribution in [-0.2, 0) is 37.9 Å². The molecule has 0 spiro atoms. The quantitative estimate of drug-likeness (QED) is 0.250. The van der Waals surface area contributed by atoms with Crippen LogP contribution < -0.4 is 0 Å². The zero-order valence-electron chi connectivity index (χ0n) is 18.5. The number of aliphatic hydroxyl groups is 1. The SMILES string of the molecule is C1COC(COCOCC2CCCO2)C1.C1OCOCO1.II.OCC1CCCO1.[H+]. The minimum Gasteiger partial charge on any atom is -0.394 e. The molecule has 0 radical (unpaired) electrons. The van der Waals surface area contributed by atoms with E-state index in [4.69, 9.17) is 28.8 Å². The van der Waals surface area contributed by atoms with Gasteiger partial charge in [-0.3, -0.25) is 0 Å². The smallest absolute Gasteiger partial charge is 0.394 e. The summed E-state index contributed by atoms with van der Waals surface area (Å²) >= 11 is 4.24. The Labute approximate surface area is 204 Å². The van der Waals surface area contributed by atoms with Gasteiger partial charge in [-0.15, -0.1) is 0 Å². The first-order valence-electron chi connectivity index (χ1n) is 10.4. The molecule has 0 aliphatic carbocycles. The lowest BCUT2D eigenvalue weighted by molar-refractivity contribution is -0.247. The average molecular weight is 663 g/mol. The fourth-order valence-electron chi connectivity index (χ4n) is 3.04. The van der Waals surface area contributed by atoms with E-state index < -0.39 is 0 Å². The molecule has 30 heavy (non-hydrogen) atoms. The predicted molar refractivity (Wildman–Crippen MR) is 128 cm³/mol. The Morgan fingerprint density at radius 1 is 0.700 bits per heavy atom. The molecule has 11 heteroatoms. The number of ether oxygens (including phenoxy) is 8. The fraction of sp³-hybridized carbons (Fsp3) is 1.00. The second-order valence-corrected chi connectivity index (χ2v) is 6.91. The van der Waals surface area contributed by atoms with Crippen molar-refractivity contribution in [2.75, 3.05) is 66.8 Å². The second kappa shape index (κ2) is 21.9. The highest BCUT2D eigenvalue weighted by molar-refractivity contribution is 15.0. The molecular formula is C19H37I2O9+. The minimum absolute atomic E-state index is 0. The van der Waals surface area contributed by atoms with E-state index in [1.165, 1.54) is 0 Å². The predicted octanol–water partition coefficient (Wildman–Crippen LogP) is 3.30. The number of hydrogen-bond acceptors (Lipinski definition) is 9. The summed E-state index contributed by atoms with van der Waals surface area (Å²) in [4.78, 5) is 0. The van der Waals surface area contributed by atoms with E-state index in [9.17, 15) is 0 Å². The average Bonchev–Trinajstić information content (AvgIpc) is 3.61. The summed E-state index contributed by atoms with van der Waals surface area (Å²) in [6.45, 7) is 5.59. The molecule has 0 aromatic heterocycles. The van der Waals surface area contributed by atoms with E-state index in [0.717, 1.165) is 58.3 Å². The molecule has 180 valence electrons. The van der Waals surface area contributed by atoms with Crippen LogP contribution in [0.1, 0.15) is 40.0 Å². The first-order chi connectivity index (χ1) is 14.9. The first kappa shape index (κ1) is 29.1. The van der Waals surface area contributed by atoms with E-state index >= 15 is 0 Å². The van der Waals surface area contributed by atoms with Gasteiger partial charge in [0.05, 0.1) is 38.1 Å². The lowest BCUT2D eigenvalue weighted by Gasteiger charge is -2.12. The Bertz CT molecular complexity index is 324. The molecule has 9 nitrogen and oxygen atoms in total. The van der Waals surface area contributed by atoms with Gasteiger partial charge in [0, 0.05) is 57.1 Å². The molecule has 4 heterocycles. The van der Waals surface area contributed by atoms with Crippen molar-refractivity contribution in [1.82, 2.24) is 0 Å². The van der Waals surface area contributed by atoms with Crippen LogP contribution in [0.2, 0.25) is 0 Å². The summed E-state index contributed by atoms with van der Waals surface area (Å²) in [5.74, 6) is 0. The minimum atomic E-state index is 0.